The van der Waals surface area contributed by atoms with Gasteiger partial charge in [-0.3, -0.25) is 5.10 Å². The molecule has 4 rings (SSSR count). The van der Waals surface area contributed by atoms with Crippen LogP contribution in [0.4, 0.5) is 0 Å². The van der Waals surface area contributed by atoms with Crippen molar-refractivity contribution in [3.05, 3.63) is 71.9 Å². The molecule has 0 amide bonds. The topological polar surface area (TPSA) is 37.9 Å². The van der Waals surface area contributed by atoms with Gasteiger partial charge >= 0.3 is 0 Å². The molecule has 0 bridgehead atoms. The number of hydrogen-bond donors (Lipinski definition) is 1. The van der Waals surface area contributed by atoms with Crippen molar-refractivity contribution in [1.82, 2.24) is 10.2 Å². The highest BCUT2D eigenvalue weighted by molar-refractivity contribution is 6.33. The highest BCUT2D eigenvalue weighted by Crippen LogP contribution is 2.39. The summed E-state index contributed by atoms with van der Waals surface area (Å²) in [6, 6.07) is 20.0. The Bertz CT molecular complexity index is 1020. The van der Waals surface area contributed by atoms with Crippen LogP contribution in [0.5, 0.6) is 5.75 Å². The van der Waals surface area contributed by atoms with Crippen LogP contribution in [0, 0.1) is 0 Å². The molecule has 4 heteroatoms. The van der Waals surface area contributed by atoms with Crippen LogP contribution < -0.4 is 4.74 Å². The standard InChI is InChI=1S/C20H15ClN2O/c1-24-19-11-10-16(13-6-2-3-8-15(13)19)20-17(12-22-23-20)14-7-4-5-9-18(14)21/h2-12H,1H3,(H,22,23). The molecule has 4 aromatic rings. The molecule has 0 aliphatic carbocycles. The molecule has 0 atom stereocenters. The fourth-order valence-corrected chi connectivity index (χ4v) is 3.28. The number of hydrogen-bond acceptors (Lipinski definition) is 2. The predicted octanol–water partition coefficient (Wildman–Crippen LogP) is 5.56. The van der Waals surface area contributed by atoms with Gasteiger partial charge < -0.3 is 4.74 Å². The molecular formula is C20H15ClN2O. The zero-order valence-electron chi connectivity index (χ0n) is 13.1. The minimum atomic E-state index is 0.706. The summed E-state index contributed by atoms with van der Waals surface area (Å²) < 4.78 is 5.49. The summed E-state index contributed by atoms with van der Waals surface area (Å²) >= 11 is 6.38. The van der Waals surface area contributed by atoms with Crippen LogP contribution in [-0.2, 0) is 0 Å². The van der Waals surface area contributed by atoms with Crippen molar-refractivity contribution in [2.45, 2.75) is 0 Å². The van der Waals surface area contributed by atoms with E-state index in [0.29, 0.717) is 5.02 Å². The van der Waals surface area contributed by atoms with Gasteiger partial charge in [-0.25, -0.2) is 0 Å². The van der Waals surface area contributed by atoms with E-state index in [-0.39, 0.29) is 0 Å². The maximum Gasteiger partial charge on any atom is 0.126 e. The first-order valence-corrected chi connectivity index (χ1v) is 8.02. The summed E-state index contributed by atoms with van der Waals surface area (Å²) in [5.74, 6) is 0.855. The first kappa shape index (κ1) is 14.8. The van der Waals surface area contributed by atoms with E-state index in [1.165, 1.54) is 0 Å². The van der Waals surface area contributed by atoms with Crippen molar-refractivity contribution in [3.8, 4) is 28.1 Å². The second-order valence-electron chi connectivity index (χ2n) is 5.50. The Balaban J connectivity index is 1.98. The van der Waals surface area contributed by atoms with Crippen molar-refractivity contribution in [1.29, 1.82) is 0 Å². The van der Waals surface area contributed by atoms with Crippen molar-refractivity contribution in [2.24, 2.45) is 0 Å². The molecule has 1 aromatic heterocycles. The number of aromatic amines is 1. The van der Waals surface area contributed by atoms with Gasteiger partial charge in [0.05, 0.1) is 19.0 Å². The maximum absolute atomic E-state index is 6.38. The van der Waals surface area contributed by atoms with E-state index < -0.39 is 0 Å². The quantitative estimate of drug-likeness (QED) is 0.532. The van der Waals surface area contributed by atoms with Crippen LogP contribution in [0.15, 0.2) is 66.9 Å². The number of halogens is 1. The monoisotopic (exact) mass is 334 g/mol. The summed E-state index contributed by atoms with van der Waals surface area (Å²) in [7, 11) is 1.69. The lowest BCUT2D eigenvalue weighted by atomic mass is 9.96. The number of aromatic nitrogens is 2. The third-order valence-corrected chi connectivity index (χ3v) is 4.51. The first-order valence-electron chi connectivity index (χ1n) is 7.64. The number of nitrogens with zero attached hydrogens (tertiary/aromatic N) is 1. The SMILES string of the molecule is COc1ccc(-c2[nH]ncc2-c2ccccc2Cl)c2ccccc12. The minimum absolute atomic E-state index is 0.706. The van der Waals surface area contributed by atoms with Crippen LogP contribution in [0.3, 0.4) is 0 Å². The normalized spacial score (nSPS) is 10.9. The average Bonchev–Trinajstić information content (AvgIpc) is 3.10. The molecule has 3 nitrogen and oxygen atoms in total. The van der Waals surface area contributed by atoms with Gasteiger partial charge in [0.25, 0.3) is 0 Å². The second-order valence-corrected chi connectivity index (χ2v) is 5.91. The molecule has 3 aromatic carbocycles. The minimum Gasteiger partial charge on any atom is -0.496 e. The largest absolute Gasteiger partial charge is 0.496 e. The van der Waals surface area contributed by atoms with Crippen LogP contribution in [0.1, 0.15) is 0 Å². The Hall–Kier alpha value is -2.78. The third kappa shape index (κ3) is 2.34. The fourth-order valence-electron chi connectivity index (χ4n) is 3.04. The molecule has 0 fully saturated rings. The van der Waals surface area contributed by atoms with Gasteiger partial charge in [0, 0.05) is 27.1 Å². The van der Waals surface area contributed by atoms with Gasteiger partial charge in [0.1, 0.15) is 5.75 Å². The Morgan fingerprint density at radius 1 is 0.833 bits per heavy atom. The van der Waals surface area contributed by atoms with E-state index in [4.69, 9.17) is 16.3 Å². The smallest absolute Gasteiger partial charge is 0.126 e. The number of nitrogens with one attached hydrogen (secondary N) is 1. The van der Waals surface area contributed by atoms with Crippen LogP contribution in [-0.4, -0.2) is 17.3 Å². The number of rotatable bonds is 3. The number of benzene rings is 3. The lowest BCUT2D eigenvalue weighted by molar-refractivity contribution is 0.420. The van der Waals surface area contributed by atoms with Gasteiger partial charge in [0.2, 0.25) is 0 Å². The van der Waals surface area contributed by atoms with E-state index in [2.05, 4.69) is 28.4 Å². The Morgan fingerprint density at radius 2 is 1.58 bits per heavy atom. The van der Waals surface area contributed by atoms with Crippen LogP contribution >= 0.6 is 11.6 Å². The van der Waals surface area contributed by atoms with Gasteiger partial charge in [-0.15, -0.1) is 0 Å². The van der Waals surface area contributed by atoms with E-state index >= 15 is 0 Å². The van der Waals surface area contributed by atoms with Crippen molar-refractivity contribution in [3.63, 3.8) is 0 Å². The molecule has 1 N–H and O–H groups in total. The number of fused-ring (bicyclic) bond motifs is 1. The summed E-state index contributed by atoms with van der Waals surface area (Å²) in [6.07, 6.45) is 1.82. The number of ether oxygens (including phenoxy) is 1. The predicted molar refractivity (Wildman–Crippen MR) is 98.5 cm³/mol. The number of H-pyrrole nitrogens is 1. The van der Waals surface area contributed by atoms with Gasteiger partial charge in [-0.1, -0.05) is 54.1 Å². The first-order chi connectivity index (χ1) is 11.8. The van der Waals surface area contributed by atoms with E-state index in [9.17, 15) is 0 Å². The Morgan fingerprint density at radius 3 is 2.38 bits per heavy atom. The Kier molecular flexibility index (Phi) is 3.71. The second kappa shape index (κ2) is 6.02. The molecule has 0 unspecified atom stereocenters. The average molecular weight is 335 g/mol. The van der Waals surface area contributed by atoms with Crippen molar-refractivity contribution in [2.75, 3.05) is 7.11 Å². The molecule has 0 aliphatic heterocycles. The van der Waals surface area contributed by atoms with Crippen molar-refractivity contribution < 1.29 is 4.74 Å². The molecule has 1 heterocycles. The van der Waals surface area contributed by atoms with E-state index in [0.717, 1.165) is 38.9 Å². The fraction of sp³-hybridized carbons (Fsp3) is 0.0500. The highest BCUT2D eigenvalue weighted by Gasteiger charge is 2.15. The summed E-state index contributed by atoms with van der Waals surface area (Å²) in [4.78, 5) is 0. The van der Waals surface area contributed by atoms with Crippen LogP contribution in [0.2, 0.25) is 5.02 Å². The lowest BCUT2D eigenvalue weighted by Crippen LogP contribution is -1.89. The Labute approximate surface area is 144 Å². The van der Waals surface area contributed by atoms with Crippen LogP contribution in [0.25, 0.3) is 33.2 Å². The van der Waals surface area contributed by atoms with Crippen molar-refractivity contribution >= 4 is 22.4 Å². The zero-order valence-corrected chi connectivity index (χ0v) is 13.8. The molecule has 0 spiro atoms. The number of methoxy groups -OCH3 is 1. The van der Waals surface area contributed by atoms with Gasteiger partial charge in [-0.05, 0) is 23.6 Å². The highest BCUT2D eigenvalue weighted by atomic mass is 35.5. The van der Waals surface area contributed by atoms with E-state index in [1.807, 2.05) is 48.7 Å². The summed E-state index contributed by atoms with van der Waals surface area (Å²) in [6.45, 7) is 0. The summed E-state index contributed by atoms with van der Waals surface area (Å²) in [5.41, 5.74) is 3.96. The molecule has 0 saturated carbocycles. The van der Waals surface area contributed by atoms with Gasteiger partial charge in [-0.2, -0.15) is 5.10 Å². The molecule has 24 heavy (non-hydrogen) atoms. The van der Waals surface area contributed by atoms with E-state index in [1.54, 1.807) is 7.11 Å². The molecule has 0 aliphatic rings. The third-order valence-electron chi connectivity index (χ3n) is 4.18. The molecule has 0 saturated heterocycles. The molecule has 118 valence electrons. The lowest BCUT2D eigenvalue weighted by Gasteiger charge is -2.11. The maximum atomic E-state index is 6.38. The zero-order chi connectivity index (χ0) is 16.5. The molecular weight excluding hydrogens is 320 g/mol. The molecule has 0 radical (unpaired) electrons. The van der Waals surface area contributed by atoms with Gasteiger partial charge in [0.15, 0.2) is 0 Å². The summed E-state index contributed by atoms with van der Waals surface area (Å²) in [5, 5.41) is 10.3.